The summed E-state index contributed by atoms with van der Waals surface area (Å²) in [5.74, 6) is 0.896. The number of nitrogens with two attached hydrogens (primary N) is 1. The van der Waals surface area contributed by atoms with Gasteiger partial charge in [-0.25, -0.2) is 4.98 Å². The summed E-state index contributed by atoms with van der Waals surface area (Å²) in [6, 6.07) is 7.88. The molecule has 0 aliphatic rings. The minimum absolute atomic E-state index is 0.0441. The molecule has 1 atom stereocenters. The van der Waals surface area contributed by atoms with E-state index >= 15 is 0 Å². The number of hydrogen-bond acceptors (Lipinski definition) is 3. The minimum Gasteiger partial charge on any atom is -0.340 e. The third kappa shape index (κ3) is 2.61. The van der Waals surface area contributed by atoms with Gasteiger partial charge in [-0.3, -0.25) is 4.79 Å². The lowest BCUT2D eigenvalue weighted by Gasteiger charge is -2.24. The van der Waals surface area contributed by atoms with Gasteiger partial charge in [0, 0.05) is 19.6 Å². The molecule has 5 nitrogen and oxygen atoms in total. The van der Waals surface area contributed by atoms with E-state index in [0.29, 0.717) is 13.1 Å². The summed E-state index contributed by atoms with van der Waals surface area (Å²) >= 11 is 0. The largest absolute Gasteiger partial charge is 0.340 e. The molecule has 0 radical (unpaired) electrons. The Morgan fingerprint density at radius 1 is 1.47 bits per heavy atom. The van der Waals surface area contributed by atoms with Gasteiger partial charge in [0.2, 0.25) is 5.91 Å². The summed E-state index contributed by atoms with van der Waals surface area (Å²) in [5, 5.41) is 0. The second-order valence-electron chi connectivity index (χ2n) is 4.82. The first-order valence-corrected chi connectivity index (χ1v) is 6.42. The number of fused-ring (bicyclic) bond motifs is 1. The number of imidazole rings is 1. The van der Waals surface area contributed by atoms with E-state index in [1.807, 2.05) is 42.7 Å². The third-order valence-electron chi connectivity index (χ3n) is 3.53. The van der Waals surface area contributed by atoms with E-state index in [9.17, 15) is 4.79 Å². The van der Waals surface area contributed by atoms with E-state index in [2.05, 4.69) is 4.98 Å². The number of carbonyl (C=O) groups is 1. The SMILES string of the molecule is Cc1nc2ccccc2n1CC(=O)N(C)C(C)CN. The summed E-state index contributed by atoms with van der Waals surface area (Å²) in [6.07, 6.45) is 0. The van der Waals surface area contributed by atoms with Crippen molar-refractivity contribution in [1.82, 2.24) is 14.5 Å². The van der Waals surface area contributed by atoms with Gasteiger partial charge >= 0.3 is 0 Å². The predicted molar refractivity (Wildman–Crippen MR) is 75.8 cm³/mol. The zero-order chi connectivity index (χ0) is 14.0. The molecule has 0 fully saturated rings. The molecule has 1 aromatic heterocycles. The molecule has 1 aromatic carbocycles. The van der Waals surface area contributed by atoms with Crippen molar-refractivity contribution in [2.24, 2.45) is 5.73 Å². The standard InChI is InChI=1S/C14H20N4O/c1-10(8-15)17(3)14(19)9-18-11(2)16-12-6-4-5-7-13(12)18/h4-7,10H,8-9,15H2,1-3H3. The molecule has 0 saturated heterocycles. The Bertz CT molecular complexity index is 590. The Labute approximate surface area is 113 Å². The number of benzene rings is 1. The lowest BCUT2D eigenvalue weighted by Crippen LogP contribution is -2.41. The van der Waals surface area contributed by atoms with E-state index in [1.165, 1.54) is 0 Å². The molecular formula is C14H20N4O. The van der Waals surface area contributed by atoms with Crippen molar-refractivity contribution in [3.8, 4) is 0 Å². The lowest BCUT2D eigenvalue weighted by atomic mass is 10.3. The van der Waals surface area contributed by atoms with Crippen molar-refractivity contribution in [2.45, 2.75) is 26.4 Å². The molecular weight excluding hydrogens is 240 g/mol. The third-order valence-corrected chi connectivity index (χ3v) is 3.53. The molecule has 0 saturated carbocycles. The van der Waals surface area contributed by atoms with Crippen LogP contribution in [0.4, 0.5) is 0 Å². The minimum atomic E-state index is 0.0441. The fourth-order valence-electron chi connectivity index (χ4n) is 2.05. The van der Waals surface area contributed by atoms with Crippen molar-refractivity contribution < 1.29 is 4.79 Å². The van der Waals surface area contributed by atoms with E-state index < -0.39 is 0 Å². The molecule has 1 heterocycles. The molecule has 0 spiro atoms. The van der Waals surface area contributed by atoms with Crippen LogP contribution in [-0.4, -0.2) is 40.0 Å². The Morgan fingerprint density at radius 2 is 2.16 bits per heavy atom. The van der Waals surface area contributed by atoms with Gasteiger partial charge in [0.15, 0.2) is 0 Å². The maximum Gasteiger partial charge on any atom is 0.242 e. The average Bonchev–Trinajstić information content (AvgIpc) is 2.73. The summed E-state index contributed by atoms with van der Waals surface area (Å²) in [7, 11) is 1.79. The van der Waals surface area contributed by atoms with Gasteiger partial charge in [0.1, 0.15) is 12.4 Å². The zero-order valence-corrected chi connectivity index (χ0v) is 11.6. The second-order valence-corrected chi connectivity index (χ2v) is 4.82. The first-order chi connectivity index (χ1) is 9.04. The van der Waals surface area contributed by atoms with Crippen LogP contribution in [-0.2, 0) is 11.3 Å². The van der Waals surface area contributed by atoms with Crippen LogP contribution in [0.5, 0.6) is 0 Å². The van der Waals surface area contributed by atoms with Crippen molar-refractivity contribution in [3.05, 3.63) is 30.1 Å². The van der Waals surface area contributed by atoms with Gasteiger partial charge in [-0.2, -0.15) is 0 Å². The molecule has 102 valence electrons. The maximum atomic E-state index is 12.2. The quantitative estimate of drug-likeness (QED) is 0.897. The maximum absolute atomic E-state index is 12.2. The Hall–Kier alpha value is -1.88. The fraction of sp³-hybridized carbons (Fsp3) is 0.429. The van der Waals surface area contributed by atoms with E-state index in [1.54, 1.807) is 11.9 Å². The number of aromatic nitrogens is 2. The number of amides is 1. The molecule has 0 bridgehead atoms. The summed E-state index contributed by atoms with van der Waals surface area (Å²) in [4.78, 5) is 18.4. The number of para-hydroxylation sites is 2. The summed E-state index contributed by atoms with van der Waals surface area (Å²) in [5.41, 5.74) is 7.50. The lowest BCUT2D eigenvalue weighted by molar-refractivity contribution is -0.132. The number of aryl methyl sites for hydroxylation is 1. The van der Waals surface area contributed by atoms with Crippen molar-refractivity contribution in [2.75, 3.05) is 13.6 Å². The first kappa shape index (κ1) is 13.5. The van der Waals surface area contributed by atoms with Crippen LogP contribution in [0, 0.1) is 6.92 Å². The van der Waals surface area contributed by atoms with Gasteiger partial charge < -0.3 is 15.2 Å². The van der Waals surface area contributed by atoms with E-state index in [0.717, 1.165) is 16.9 Å². The van der Waals surface area contributed by atoms with E-state index in [-0.39, 0.29) is 11.9 Å². The Balaban J connectivity index is 2.26. The number of likely N-dealkylation sites (N-methyl/N-ethyl adjacent to an activating group) is 1. The van der Waals surface area contributed by atoms with Crippen LogP contribution < -0.4 is 5.73 Å². The van der Waals surface area contributed by atoms with Crippen molar-refractivity contribution in [3.63, 3.8) is 0 Å². The second kappa shape index (κ2) is 5.40. The molecule has 2 aromatic rings. The molecule has 2 rings (SSSR count). The topological polar surface area (TPSA) is 64.2 Å². The smallest absolute Gasteiger partial charge is 0.242 e. The van der Waals surface area contributed by atoms with Gasteiger partial charge in [0.25, 0.3) is 0 Å². The van der Waals surface area contributed by atoms with Crippen LogP contribution in [0.15, 0.2) is 24.3 Å². The summed E-state index contributed by atoms with van der Waals surface area (Å²) in [6.45, 7) is 4.62. The number of rotatable bonds is 4. The number of carbonyl (C=O) groups excluding carboxylic acids is 1. The van der Waals surface area contributed by atoms with Gasteiger partial charge in [-0.1, -0.05) is 12.1 Å². The monoisotopic (exact) mass is 260 g/mol. The predicted octanol–water partition coefficient (Wildman–Crippen LogP) is 1.15. The molecule has 0 aliphatic heterocycles. The summed E-state index contributed by atoms with van der Waals surface area (Å²) < 4.78 is 1.94. The average molecular weight is 260 g/mol. The Morgan fingerprint density at radius 3 is 2.84 bits per heavy atom. The molecule has 19 heavy (non-hydrogen) atoms. The molecule has 1 amide bonds. The highest BCUT2D eigenvalue weighted by molar-refractivity contribution is 5.81. The first-order valence-electron chi connectivity index (χ1n) is 6.42. The van der Waals surface area contributed by atoms with Crippen LogP contribution in [0.25, 0.3) is 11.0 Å². The molecule has 1 unspecified atom stereocenters. The van der Waals surface area contributed by atoms with E-state index in [4.69, 9.17) is 5.73 Å². The van der Waals surface area contributed by atoms with Crippen LogP contribution in [0.2, 0.25) is 0 Å². The number of nitrogens with zero attached hydrogens (tertiary/aromatic N) is 3. The number of hydrogen-bond donors (Lipinski definition) is 1. The fourth-order valence-corrected chi connectivity index (χ4v) is 2.05. The van der Waals surface area contributed by atoms with Crippen LogP contribution >= 0.6 is 0 Å². The highest BCUT2D eigenvalue weighted by Gasteiger charge is 2.17. The highest BCUT2D eigenvalue weighted by atomic mass is 16.2. The molecule has 0 aliphatic carbocycles. The van der Waals surface area contributed by atoms with Gasteiger partial charge in [-0.05, 0) is 26.0 Å². The van der Waals surface area contributed by atoms with Gasteiger partial charge in [-0.15, -0.1) is 0 Å². The zero-order valence-electron chi connectivity index (χ0n) is 11.6. The highest BCUT2D eigenvalue weighted by Crippen LogP contribution is 2.15. The van der Waals surface area contributed by atoms with Crippen molar-refractivity contribution in [1.29, 1.82) is 0 Å². The molecule has 5 heteroatoms. The van der Waals surface area contributed by atoms with Gasteiger partial charge in [0.05, 0.1) is 11.0 Å². The van der Waals surface area contributed by atoms with Crippen molar-refractivity contribution >= 4 is 16.9 Å². The van der Waals surface area contributed by atoms with Crippen LogP contribution in [0.1, 0.15) is 12.7 Å². The molecule has 2 N–H and O–H groups in total. The Kier molecular flexibility index (Phi) is 3.85. The van der Waals surface area contributed by atoms with Crippen LogP contribution in [0.3, 0.4) is 0 Å². The normalized spacial score (nSPS) is 12.6.